The Hall–Kier alpha value is -2.17. The topological polar surface area (TPSA) is 83.5 Å². The lowest BCUT2D eigenvalue weighted by molar-refractivity contribution is -0.137. The normalized spacial score (nSPS) is 11.6. The zero-order valence-electron chi connectivity index (χ0n) is 10.8. The largest absolute Gasteiger partial charge is 0.481 e. The number of amides is 1. The monoisotopic (exact) mass is 263 g/mol. The fourth-order valence-corrected chi connectivity index (χ4v) is 1.67. The van der Waals surface area contributed by atoms with Crippen molar-refractivity contribution in [3.8, 4) is 0 Å². The number of benzene rings is 1. The predicted molar refractivity (Wildman–Crippen MR) is 69.9 cm³/mol. The standard InChI is InChI=1S/C14H17NO4/c1-10(16)12(8-5-9-13(17)18)15-14(19)11-6-3-2-4-7-11/h2-4,6-7,12H,5,8-9H2,1H3,(H,15,19)(H,17,18). The highest BCUT2D eigenvalue weighted by atomic mass is 16.4. The number of nitrogens with one attached hydrogen (secondary N) is 1. The zero-order valence-corrected chi connectivity index (χ0v) is 10.8. The van der Waals surface area contributed by atoms with Crippen molar-refractivity contribution >= 4 is 17.7 Å². The molecule has 2 N–H and O–H groups in total. The van der Waals surface area contributed by atoms with Crippen molar-refractivity contribution in [3.63, 3.8) is 0 Å². The average Bonchev–Trinajstić information content (AvgIpc) is 2.37. The maximum Gasteiger partial charge on any atom is 0.303 e. The predicted octanol–water partition coefficient (Wildman–Crippen LogP) is 1.63. The minimum absolute atomic E-state index is 0.00894. The molecule has 0 bridgehead atoms. The third-order valence-electron chi connectivity index (χ3n) is 2.72. The molecule has 1 amide bonds. The summed E-state index contributed by atoms with van der Waals surface area (Å²) in [4.78, 5) is 33.7. The molecule has 0 aliphatic carbocycles. The first kappa shape index (κ1) is 14.9. The van der Waals surface area contributed by atoms with E-state index in [1.807, 2.05) is 0 Å². The molecule has 1 unspecified atom stereocenters. The van der Waals surface area contributed by atoms with E-state index in [1.165, 1.54) is 6.92 Å². The van der Waals surface area contributed by atoms with Crippen molar-refractivity contribution in [1.29, 1.82) is 0 Å². The van der Waals surface area contributed by atoms with Gasteiger partial charge >= 0.3 is 5.97 Å². The summed E-state index contributed by atoms with van der Waals surface area (Å²) in [6, 6.07) is 7.95. The number of carboxylic acids is 1. The van der Waals surface area contributed by atoms with Gasteiger partial charge in [-0.05, 0) is 31.9 Å². The molecule has 0 aliphatic rings. The van der Waals surface area contributed by atoms with Crippen LogP contribution in [0.15, 0.2) is 30.3 Å². The molecular weight excluding hydrogens is 246 g/mol. The lowest BCUT2D eigenvalue weighted by atomic mass is 10.1. The van der Waals surface area contributed by atoms with Gasteiger partial charge in [0.1, 0.15) is 0 Å². The van der Waals surface area contributed by atoms with Crippen molar-refractivity contribution in [2.24, 2.45) is 0 Å². The number of hydrogen-bond acceptors (Lipinski definition) is 3. The SMILES string of the molecule is CC(=O)C(CCCC(=O)O)NC(=O)c1ccccc1. The van der Waals surface area contributed by atoms with Crippen LogP contribution in [0.3, 0.4) is 0 Å². The molecule has 1 atom stereocenters. The van der Waals surface area contributed by atoms with Crippen LogP contribution in [0.2, 0.25) is 0 Å². The summed E-state index contributed by atoms with van der Waals surface area (Å²) < 4.78 is 0. The second kappa shape index (κ2) is 7.31. The summed E-state index contributed by atoms with van der Waals surface area (Å²) in [5.41, 5.74) is 0.479. The highest BCUT2D eigenvalue weighted by Gasteiger charge is 2.17. The van der Waals surface area contributed by atoms with Gasteiger partial charge in [-0.15, -0.1) is 0 Å². The van der Waals surface area contributed by atoms with Crippen LogP contribution in [0, 0.1) is 0 Å². The highest BCUT2D eigenvalue weighted by Crippen LogP contribution is 2.05. The van der Waals surface area contributed by atoms with Crippen LogP contribution < -0.4 is 5.32 Å². The van der Waals surface area contributed by atoms with Crippen LogP contribution >= 0.6 is 0 Å². The maximum absolute atomic E-state index is 11.9. The van der Waals surface area contributed by atoms with Crippen molar-refractivity contribution < 1.29 is 19.5 Å². The number of carboxylic acid groups (broad SMARTS) is 1. The van der Waals surface area contributed by atoms with Crippen LogP contribution in [0.25, 0.3) is 0 Å². The van der Waals surface area contributed by atoms with Crippen LogP contribution in [0.5, 0.6) is 0 Å². The van der Waals surface area contributed by atoms with Crippen molar-refractivity contribution in [3.05, 3.63) is 35.9 Å². The Kier molecular flexibility index (Phi) is 5.73. The molecule has 5 heteroatoms. The summed E-state index contributed by atoms with van der Waals surface area (Å²) in [5, 5.41) is 11.2. The van der Waals surface area contributed by atoms with Gasteiger partial charge in [-0.3, -0.25) is 14.4 Å². The number of Topliss-reactive ketones (excluding diaryl/α,β-unsaturated/α-hetero) is 1. The second-order valence-electron chi connectivity index (χ2n) is 4.29. The zero-order chi connectivity index (χ0) is 14.3. The summed E-state index contributed by atoms with van der Waals surface area (Å²) in [6.45, 7) is 1.39. The molecule has 0 radical (unpaired) electrons. The van der Waals surface area contributed by atoms with Gasteiger partial charge in [0.25, 0.3) is 5.91 Å². The molecule has 0 aliphatic heterocycles. The van der Waals surface area contributed by atoms with Gasteiger partial charge in [0.05, 0.1) is 6.04 Å². The lowest BCUT2D eigenvalue weighted by Gasteiger charge is -2.15. The van der Waals surface area contributed by atoms with E-state index >= 15 is 0 Å². The summed E-state index contributed by atoms with van der Waals surface area (Å²) in [5.74, 6) is -1.40. The van der Waals surface area contributed by atoms with Crippen LogP contribution in [-0.4, -0.2) is 28.8 Å². The van der Waals surface area contributed by atoms with Gasteiger partial charge in [0.2, 0.25) is 0 Å². The van der Waals surface area contributed by atoms with Crippen LogP contribution in [-0.2, 0) is 9.59 Å². The number of carbonyl (C=O) groups is 3. The van der Waals surface area contributed by atoms with E-state index < -0.39 is 12.0 Å². The minimum Gasteiger partial charge on any atom is -0.481 e. The first-order chi connectivity index (χ1) is 9.00. The molecule has 19 heavy (non-hydrogen) atoms. The van der Waals surface area contributed by atoms with E-state index in [9.17, 15) is 14.4 Å². The molecular formula is C14H17NO4. The molecule has 0 fully saturated rings. The third kappa shape index (κ3) is 5.33. The lowest BCUT2D eigenvalue weighted by Crippen LogP contribution is -2.39. The molecule has 102 valence electrons. The Morgan fingerprint density at radius 2 is 1.84 bits per heavy atom. The molecule has 0 saturated carbocycles. The minimum atomic E-state index is -0.906. The van der Waals surface area contributed by atoms with E-state index in [2.05, 4.69) is 5.32 Å². The van der Waals surface area contributed by atoms with Gasteiger partial charge < -0.3 is 10.4 Å². The fourth-order valence-electron chi connectivity index (χ4n) is 1.67. The van der Waals surface area contributed by atoms with Crippen LogP contribution in [0.1, 0.15) is 36.5 Å². The van der Waals surface area contributed by atoms with Crippen molar-refractivity contribution in [2.45, 2.75) is 32.2 Å². The quantitative estimate of drug-likeness (QED) is 0.783. The van der Waals surface area contributed by atoms with E-state index in [1.54, 1.807) is 30.3 Å². The van der Waals surface area contributed by atoms with E-state index in [0.29, 0.717) is 18.4 Å². The molecule has 0 aromatic heterocycles. The van der Waals surface area contributed by atoms with Crippen molar-refractivity contribution in [1.82, 2.24) is 5.32 Å². The average molecular weight is 263 g/mol. The van der Waals surface area contributed by atoms with Crippen molar-refractivity contribution in [2.75, 3.05) is 0 Å². The molecule has 0 heterocycles. The number of aliphatic carboxylic acids is 1. The summed E-state index contributed by atoms with van der Waals surface area (Å²) >= 11 is 0. The molecule has 0 saturated heterocycles. The highest BCUT2D eigenvalue weighted by molar-refractivity contribution is 5.97. The molecule has 1 rings (SSSR count). The number of carbonyl (C=O) groups excluding carboxylic acids is 2. The van der Waals surface area contributed by atoms with Gasteiger partial charge in [-0.25, -0.2) is 0 Å². The third-order valence-corrected chi connectivity index (χ3v) is 2.72. The molecule has 1 aromatic rings. The Bertz CT molecular complexity index is 456. The smallest absolute Gasteiger partial charge is 0.303 e. The number of hydrogen-bond donors (Lipinski definition) is 2. The first-order valence-electron chi connectivity index (χ1n) is 6.09. The second-order valence-corrected chi connectivity index (χ2v) is 4.29. The summed E-state index contributed by atoms with van der Waals surface area (Å²) in [6.07, 6.45) is 0.680. The summed E-state index contributed by atoms with van der Waals surface area (Å²) in [7, 11) is 0. The van der Waals surface area contributed by atoms with E-state index in [-0.39, 0.29) is 18.1 Å². The van der Waals surface area contributed by atoms with Crippen LogP contribution in [0.4, 0.5) is 0 Å². The maximum atomic E-state index is 11.9. The van der Waals surface area contributed by atoms with Gasteiger partial charge in [0.15, 0.2) is 5.78 Å². The van der Waals surface area contributed by atoms with Gasteiger partial charge in [-0.2, -0.15) is 0 Å². The Balaban J connectivity index is 2.56. The van der Waals surface area contributed by atoms with E-state index in [4.69, 9.17) is 5.11 Å². The Labute approximate surface area is 111 Å². The number of ketones is 1. The van der Waals surface area contributed by atoms with E-state index in [0.717, 1.165) is 0 Å². The van der Waals surface area contributed by atoms with Gasteiger partial charge in [0, 0.05) is 12.0 Å². The first-order valence-corrected chi connectivity index (χ1v) is 6.09. The number of rotatable bonds is 7. The Morgan fingerprint density at radius 3 is 2.37 bits per heavy atom. The Morgan fingerprint density at radius 1 is 1.21 bits per heavy atom. The molecule has 5 nitrogen and oxygen atoms in total. The fraction of sp³-hybridized carbons (Fsp3) is 0.357. The molecule has 0 spiro atoms. The van der Waals surface area contributed by atoms with Gasteiger partial charge in [-0.1, -0.05) is 18.2 Å². The molecule has 1 aromatic carbocycles.